The van der Waals surface area contributed by atoms with Crippen LogP contribution in [-0.2, 0) is 11.3 Å². The van der Waals surface area contributed by atoms with E-state index in [1.807, 2.05) is 13.0 Å². The van der Waals surface area contributed by atoms with Gasteiger partial charge in [0.15, 0.2) is 0 Å². The maximum Gasteiger partial charge on any atom is 0.129 e. The first kappa shape index (κ1) is 12.3. The predicted molar refractivity (Wildman–Crippen MR) is 85.8 cm³/mol. The Morgan fingerprint density at radius 1 is 1.05 bits per heavy atom. The Labute approximate surface area is 129 Å². The number of benzene rings is 2. The summed E-state index contributed by atoms with van der Waals surface area (Å²) < 4.78 is 5.88. The van der Waals surface area contributed by atoms with Gasteiger partial charge in [-0.15, -0.1) is 0 Å². The third-order valence-electron chi connectivity index (χ3n) is 4.77. The van der Waals surface area contributed by atoms with Crippen LogP contribution in [0.3, 0.4) is 0 Å². The third-order valence-corrected chi connectivity index (χ3v) is 4.77. The zero-order valence-corrected chi connectivity index (χ0v) is 12.5. The average Bonchev–Trinajstić information content (AvgIpc) is 3.11. The first-order chi connectivity index (χ1) is 10.8. The third kappa shape index (κ3) is 1.66. The molecule has 2 aliphatic heterocycles. The maximum atomic E-state index is 6.18. The van der Waals surface area contributed by atoms with Crippen molar-refractivity contribution in [3.8, 4) is 0 Å². The largest absolute Gasteiger partial charge is 0.464 e. The molecule has 5 rings (SSSR count). The molecule has 22 heavy (non-hydrogen) atoms. The smallest absolute Gasteiger partial charge is 0.129 e. The molecular weight excluding hydrogens is 274 g/mol. The molecule has 3 nitrogen and oxygen atoms in total. The van der Waals surface area contributed by atoms with Crippen molar-refractivity contribution in [2.75, 3.05) is 5.06 Å². The van der Waals surface area contributed by atoms with E-state index in [4.69, 9.17) is 9.25 Å². The molecule has 2 atom stereocenters. The van der Waals surface area contributed by atoms with Crippen molar-refractivity contribution in [3.05, 3.63) is 65.6 Å². The Kier molecular flexibility index (Phi) is 2.44. The van der Waals surface area contributed by atoms with E-state index in [9.17, 15) is 0 Å². The van der Waals surface area contributed by atoms with Crippen molar-refractivity contribution >= 4 is 16.5 Å². The van der Waals surface area contributed by atoms with Gasteiger partial charge in [0, 0.05) is 18.2 Å². The number of rotatable bonds is 1. The van der Waals surface area contributed by atoms with Gasteiger partial charge in [0.2, 0.25) is 0 Å². The van der Waals surface area contributed by atoms with Gasteiger partial charge in [0.25, 0.3) is 0 Å². The zero-order valence-electron chi connectivity index (χ0n) is 12.5. The highest BCUT2D eigenvalue weighted by molar-refractivity contribution is 5.96. The van der Waals surface area contributed by atoms with Crippen molar-refractivity contribution < 1.29 is 9.25 Å². The number of hydroxylamine groups is 1. The number of furan rings is 1. The average molecular weight is 291 g/mol. The molecule has 0 radical (unpaired) electrons. The van der Waals surface area contributed by atoms with Gasteiger partial charge >= 0.3 is 0 Å². The summed E-state index contributed by atoms with van der Waals surface area (Å²) in [7, 11) is 0. The van der Waals surface area contributed by atoms with Crippen LogP contribution in [0, 0.1) is 6.92 Å². The van der Waals surface area contributed by atoms with Gasteiger partial charge in [-0.2, -0.15) is 0 Å². The molecule has 0 spiro atoms. The maximum absolute atomic E-state index is 6.18. The second-order valence-corrected chi connectivity index (χ2v) is 6.25. The number of aryl methyl sites for hydroxylation is 1. The predicted octanol–water partition coefficient (Wildman–Crippen LogP) is 4.55. The molecule has 3 aromatic rings. The van der Waals surface area contributed by atoms with E-state index in [1.165, 1.54) is 22.0 Å². The van der Waals surface area contributed by atoms with Crippen molar-refractivity contribution in [1.29, 1.82) is 0 Å². The summed E-state index contributed by atoms with van der Waals surface area (Å²) in [6, 6.07) is 17.3. The van der Waals surface area contributed by atoms with Crippen LogP contribution in [0.2, 0.25) is 0 Å². The molecule has 0 unspecified atom stereocenters. The summed E-state index contributed by atoms with van der Waals surface area (Å²) in [6.07, 6.45) is 2.21. The molecule has 3 heterocycles. The summed E-state index contributed by atoms with van der Waals surface area (Å²) >= 11 is 0. The van der Waals surface area contributed by atoms with E-state index in [-0.39, 0.29) is 12.1 Å². The second-order valence-electron chi connectivity index (χ2n) is 6.25. The van der Waals surface area contributed by atoms with Gasteiger partial charge in [-0.3, -0.25) is 4.84 Å². The van der Waals surface area contributed by atoms with E-state index < -0.39 is 0 Å². The highest BCUT2D eigenvalue weighted by Gasteiger charge is 2.42. The fourth-order valence-corrected chi connectivity index (χ4v) is 3.79. The number of fused-ring (bicyclic) bond motifs is 6. The van der Waals surface area contributed by atoms with Gasteiger partial charge in [0.05, 0.1) is 11.8 Å². The summed E-state index contributed by atoms with van der Waals surface area (Å²) in [5.74, 6) is 1.96. The lowest BCUT2D eigenvalue weighted by Gasteiger charge is -2.30. The molecule has 1 fully saturated rings. The quantitative estimate of drug-likeness (QED) is 0.658. The highest BCUT2D eigenvalue weighted by atomic mass is 16.7. The molecule has 2 aromatic carbocycles. The van der Waals surface area contributed by atoms with E-state index in [0.717, 1.165) is 24.4 Å². The van der Waals surface area contributed by atoms with Crippen LogP contribution in [-0.4, -0.2) is 6.10 Å². The van der Waals surface area contributed by atoms with Crippen LogP contribution in [0.25, 0.3) is 10.8 Å². The first-order valence-electron chi connectivity index (χ1n) is 7.82. The summed E-state index contributed by atoms with van der Waals surface area (Å²) in [5.41, 5.74) is 2.59. The lowest BCUT2D eigenvalue weighted by Crippen LogP contribution is -2.27. The molecule has 0 saturated carbocycles. The van der Waals surface area contributed by atoms with E-state index in [1.54, 1.807) is 0 Å². The Morgan fingerprint density at radius 3 is 2.82 bits per heavy atom. The minimum atomic E-state index is 0.172. The number of hydrogen-bond donors (Lipinski definition) is 0. The van der Waals surface area contributed by atoms with Gasteiger partial charge in [0.1, 0.15) is 17.6 Å². The van der Waals surface area contributed by atoms with Crippen LogP contribution in [0.5, 0.6) is 0 Å². The van der Waals surface area contributed by atoms with Gasteiger partial charge in [-0.25, -0.2) is 5.06 Å². The van der Waals surface area contributed by atoms with Crippen LogP contribution >= 0.6 is 0 Å². The molecule has 110 valence electrons. The minimum Gasteiger partial charge on any atom is -0.464 e. The Balaban J connectivity index is 1.70. The highest BCUT2D eigenvalue weighted by Crippen LogP contribution is 2.47. The molecule has 3 heteroatoms. The summed E-state index contributed by atoms with van der Waals surface area (Å²) in [6.45, 7) is 1.99. The van der Waals surface area contributed by atoms with Crippen LogP contribution < -0.4 is 5.06 Å². The van der Waals surface area contributed by atoms with Gasteiger partial charge < -0.3 is 4.42 Å². The molecule has 0 aliphatic carbocycles. The molecule has 0 amide bonds. The van der Waals surface area contributed by atoms with Crippen LogP contribution in [0.15, 0.2) is 52.9 Å². The lowest BCUT2D eigenvalue weighted by atomic mass is 9.99. The van der Waals surface area contributed by atoms with E-state index in [2.05, 4.69) is 47.5 Å². The van der Waals surface area contributed by atoms with Crippen molar-refractivity contribution in [2.24, 2.45) is 0 Å². The van der Waals surface area contributed by atoms with E-state index in [0.29, 0.717) is 0 Å². The summed E-state index contributed by atoms with van der Waals surface area (Å²) in [5, 5.41) is 4.60. The fourth-order valence-electron chi connectivity index (χ4n) is 3.79. The monoisotopic (exact) mass is 291 g/mol. The SMILES string of the molecule is Cc1ccc([C@@H]2C[C@@H]3Cc4ccc5ccccc5c4N2O3)o1. The topological polar surface area (TPSA) is 25.6 Å². The van der Waals surface area contributed by atoms with Crippen molar-refractivity contribution in [3.63, 3.8) is 0 Å². The van der Waals surface area contributed by atoms with Crippen LogP contribution in [0.1, 0.15) is 29.5 Å². The lowest BCUT2D eigenvalue weighted by molar-refractivity contribution is 0.0730. The minimum absolute atomic E-state index is 0.172. The molecule has 1 saturated heterocycles. The Hall–Kier alpha value is -2.26. The van der Waals surface area contributed by atoms with Crippen LogP contribution in [0.4, 0.5) is 5.69 Å². The zero-order chi connectivity index (χ0) is 14.7. The standard InChI is InChI=1S/C19H17NO2/c1-12-6-9-18(21-12)17-11-15-10-14-8-7-13-4-2-3-5-16(13)19(14)20(17)22-15/h2-9,15,17H,10-11H2,1H3/t15-,17-/m0/s1. The van der Waals surface area contributed by atoms with Gasteiger partial charge in [-0.1, -0.05) is 36.4 Å². The number of nitrogens with zero attached hydrogens (tertiary/aromatic N) is 1. The Morgan fingerprint density at radius 2 is 1.95 bits per heavy atom. The molecule has 2 bridgehead atoms. The molecule has 1 aromatic heterocycles. The molecule has 0 N–H and O–H groups in total. The van der Waals surface area contributed by atoms with E-state index >= 15 is 0 Å². The molecule has 2 aliphatic rings. The number of anilines is 1. The Bertz CT molecular complexity index is 867. The normalized spacial score (nSPS) is 23.0. The summed E-state index contributed by atoms with van der Waals surface area (Å²) in [4.78, 5) is 6.18. The van der Waals surface area contributed by atoms with Gasteiger partial charge in [-0.05, 0) is 30.0 Å². The number of hydrogen-bond acceptors (Lipinski definition) is 3. The first-order valence-corrected chi connectivity index (χ1v) is 7.82. The van der Waals surface area contributed by atoms with Crippen molar-refractivity contribution in [2.45, 2.75) is 31.9 Å². The second kappa shape index (κ2) is 4.37. The fraction of sp³-hybridized carbons (Fsp3) is 0.263. The van der Waals surface area contributed by atoms with Crippen molar-refractivity contribution in [1.82, 2.24) is 0 Å². The molecular formula is C19H17NO2.